The van der Waals surface area contributed by atoms with Crippen molar-refractivity contribution in [3.63, 3.8) is 0 Å². The highest BCUT2D eigenvalue weighted by Crippen LogP contribution is 2.44. The van der Waals surface area contributed by atoms with Gasteiger partial charge in [0.25, 0.3) is 0 Å². The Morgan fingerprint density at radius 2 is 1.86 bits per heavy atom. The minimum absolute atomic E-state index is 0.0634. The molecule has 1 amide bonds. The van der Waals surface area contributed by atoms with E-state index in [0.29, 0.717) is 11.7 Å². The van der Waals surface area contributed by atoms with E-state index in [2.05, 4.69) is 22.4 Å². The topological polar surface area (TPSA) is 80.5 Å². The Morgan fingerprint density at radius 1 is 1.14 bits per heavy atom. The number of benzene rings is 1. The van der Waals surface area contributed by atoms with Gasteiger partial charge in [-0.2, -0.15) is 0 Å². The molecular formula is C22H28N4O2. The van der Waals surface area contributed by atoms with E-state index in [1.54, 1.807) is 12.4 Å². The summed E-state index contributed by atoms with van der Waals surface area (Å²) in [4.78, 5) is 18.8. The van der Waals surface area contributed by atoms with Crippen molar-refractivity contribution in [2.24, 2.45) is 0 Å². The molecule has 6 nitrogen and oxygen atoms in total. The Kier molecular flexibility index (Phi) is 4.87. The molecule has 2 fully saturated rings. The van der Waals surface area contributed by atoms with Gasteiger partial charge in [-0.15, -0.1) is 0 Å². The molecular weight excluding hydrogens is 352 g/mol. The van der Waals surface area contributed by atoms with E-state index in [0.717, 1.165) is 36.9 Å². The molecule has 6 heteroatoms. The van der Waals surface area contributed by atoms with Crippen molar-refractivity contribution in [3.05, 3.63) is 54.4 Å². The van der Waals surface area contributed by atoms with Crippen molar-refractivity contribution < 1.29 is 9.53 Å². The first-order valence-corrected chi connectivity index (χ1v) is 9.98. The van der Waals surface area contributed by atoms with Gasteiger partial charge in [0, 0.05) is 18.3 Å². The second kappa shape index (κ2) is 7.34. The SMILES string of the molecule is CC1(C)OC(=O)N(C2CCC(Nc3ccncc3N)CC2)C1c1ccccc1. The van der Waals surface area contributed by atoms with Crippen LogP contribution in [0.2, 0.25) is 0 Å². The van der Waals surface area contributed by atoms with Gasteiger partial charge in [0.05, 0.1) is 23.6 Å². The average Bonchev–Trinajstić information content (AvgIpc) is 2.93. The van der Waals surface area contributed by atoms with Gasteiger partial charge >= 0.3 is 6.09 Å². The summed E-state index contributed by atoms with van der Waals surface area (Å²) in [7, 11) is 0. The number of nitrogens with one attached hydrogen (secondary N) is 1. The van der Waals surface area contributed by atoms with Crippen LogP contribution in [0.15, 0.2) is 48.8 Å². The smallest absolute Gasteiger partial charge is 0.411 e. The third-order valence-electron chi connectivity index (χ3n) is 5.91. The van der Waals surface area contributed by atoms with Crippen molar-refractivity contribution in [3.8, 4) is 0 Å². The lowest BCUT2D eigenvalue weighted by Crippen LogP contribution is -2.44. The zero-order chi connectivity index (χ0) is 19.7. The van der Waals surface area contributed by atoms with Crippen LogP contribution in [0.5, 0.6) is 0 Å². The number of nitrogen functional groups attached to an aromatic ring is 1. The molecule has 28 heavy (non-hydrogen) atoms. The Morgan fingerprint density at radius 3 is 2.54 bits per heavy atom. The monoisotopic (exact) mass is 380 g/mol. The van der Waals surface area contributed by atoms with Crippen molar-refractivity contribution >= 4 is 17.5 Å². The number of carbonyl (C=O) groups is 1. The summed E-state index contributed by atoms with van der Waals surface area (Å²) >= 11 is 0. The highest BCUT2D eigenvalue weighted by Gasteiger charge is 2.51. The summed E-state index contributed by atoms with van der Waals surface area (Å²) in [6.07, 6.45) is 7.07. The molecule has 2 heterocycles. The molecule has 1 saturated heterocycles. The van der Waals surface area contributed by atoms with Crippen LogP contribution in [0.25, 0.3) is 0 Å². The Labute approximate surface area is 166 Å². The summed E-state index contributed by atoms with van der Waals surface area (Å²) < 4.78 is 5.77. The first-order valence-electron chi connectivity index (χ1n) is 9.98. The molecule has 2 aromatic rings. The van der Waals surface area contributed by atoms with Crippen molar-refractivity contribution in [2.45, 2.75) is 63.3 Å². The molecule has 1 atom stereocenters. The van der Waals surface area contributed by atoms with E-state index in [1.807, 2.05) is 43.0 Å². The van der Waals surface area contributed by atoms with Gasteiger partial charge in [-0.3, -0.25) is 9.88 Å². The number of cyclic esters (lactones) is 1. The summed E-state index contributed by atoms with van der Waals surface area (Å²) in [5, 5.41) is 3.53. The number of anilines is 2. The summed E-state index contributed by atoms with van der Waals surface area (Å²) in [5.74, 6) is 0. The predicted molar refractivity (Wildman–Crippen MR) is 110 cm³/mol. The van der Waals surface area contributed by atoms with Gasteiger partial charge in [-0.05, 0) is 51.2 Å². The number of hydrogen-bond donors (Lipinski definition) is 2. The van der Waals surface area contributed by atoms with Gasteiger partial charge in [0.1, 0.15) is 5.60 Å². The van der Waals surface area contributed by atoms with Crippen LogP contribution in [-0.4, -0.2) is 33.7 Å². The van der Waals surface area contributed by atoms with Crippen LogP contribution in [0.1, 0.15) is 51.1 Å². The fraction of sp³-hybridized carbons (Fsp3) is 0.455. The minimum Gasteiger partial charge on any atom is -0.441 e. The van der Waals surface area contributed by atoms with Crippen molar-refractivity contribution in [2.75, 3.05) is 11.1 Å². The normalized spacial score (nSPS) is 26.7. The molecule has 1 aliphatic carbocycles. The predicted octanol–water partition coefficient (Wildman–Crippen LogP) is 4.36. The number of pyridine rings is 1. The molecule has 0 bridgehead atoms. The molecule has 0 spiro atoms. The first kappa shape index (κ1) is 18.6. The quantitative estimate of drug-likeness (QED) is 0.824. The Bertz CT molecular complexity index is 831. The fourth-order valence-corrected chi connectivity index (χ4v) is 4.59. The van der Waals surface area contributed by atoms with Gasteiger partial charge in [-0.1, -0.05) is 30.3 Å². The van der Waals surface area contributed by atoms with Crippen molar-refractivity contribution in [1.82, 2.24) is 9.88 Å². The van der Waals surface area contributed by atoms with E-state index in [1.165, 1.54) is 0 Å². The summed E-state index contributed by atoms with van der Waals surface area (Å²) in [5.41, 5.74) is 8.18. The molecule has 2 aliphatic rings. The standard InChI is InChI=1S/C22H28N4O2/c1-22(2)20(15-6-4-3-5-7-15)26(21(27)28-22)17-10-8-16(9-11-17)25-19-12-13-24-14-18(19)23/h3-7,12-14,16-17,20H,8-11,23H2,1-2H3,(H,24,25). The number of ether oxygens (including phenoxy) is 1. The summed E-state index contributed by atoms with van der Waals surface area (Å²) in [6.45, 7) is 4.00. The van der Waals surface area contributed by atoms with Gasteiger partial charge in [-0.25, -0.2) is 4.79 Å². The van der Waals surface area contributed by atoms with Gasteiger partial charge in [0.2, 0.25) is 0 Å². The summed E-state index contributed by atoms with van der Waals surface area (Å²) in [6, 6.07) is 12.6. The lowest BCUT2D eigenvalue weighted by molar-refractivity contribution is 0.0664. The van der Waals surface area contributed by atoms with E-state index in [-0.39, 0.29) is 18.2 Å². The number of hydrogen-bond acceptors (Lipinski definition) is 5. The maximum atomic E-state index is 12.8. The average molecular weight is 380 g/mol. The molecule has 148 valence electrons. The van der Waals surface area contributed by atoms with Crippen LogP contribution in [0, 0.1) is 0 Å². The number of amides is 1. The Hall–Kier alpha value is -2.76. The molecule has 1 aliphatic heterocycles. The zero-order valence-electron chi connectivity index (χ0n) is 16.5. The number of aromatic nitrogens is 1. The van der Waals surface area contributed by atoms with Crippen LogP contribution < -0.4 is 11.1 Å². The van der Waals surface area contributed by atoms with E-state index in [9.17, 15) is 4.79 Å². The highest BCUT2D eigenvalue weighted by molar-refractivity contribution is 5.72. The second-order valence-electron chi connectivity index (χ2n) is 8.30. The number of nitrogens with two attached hydrogens (primary N) is 1. The first-order chi connectivity index (χ1) is 13.5. The van der Waals surface area contributed by atoms with Gasteiger partial charge in [0.15, 0.2) is 0 Å². The second-order valence-corrected chi connectivity index (χ2v) is 8.30. The van der Waals surface area contributed by atoms with Crippen LogP contribution >= 0.6 is 0 Å². The lowest BCUT2D eigenvalue weighted by Gasteiger charge is -2.38. The molecule has 1 aromatic heterocycles. The molecule has 4 rings (SSSR count). The lowest BCUT2D eigenvalue weighted by atomic mass is 9.86. The number of carbonyl (C=O) groups excluding carboxylic acids is 1. The van der Waals surface area contributed by atoms with Crippen molar-refractivity contribution in [1.29, 1.82) is 0 Å². The van der Waals surface area contributed by atoms with Crippen LogP contribution in [0.3, 0.4) is 0 Å². The molecule has 1 unspecified atom stereocenters. The molecule has 1 saturated carbocycles. The fourth-order valence-electron chi connectivity index (χ4n) is 4.59. The third-order valence-corrected chi connectivity index (χ3v) is 5.91. The molecule has 3 N–H and O–H groups in total. The number of nitrogens with zero attached hydrogens (tertiary/aromatic N) is 2. The molecule has 0 radical (unpaired) electrons. The number of rotatable bonds is 4. The van der Waals surface area contributed by atoms with Crippen LogP contribution in [-0.2, 0) is 4.74 Å². The highest BCUT2D eigenvalue weighted by atomic mass is 16.6. The Balaban J connectivity index is 1.47. The third kappa shape index (κ3) is 3.51. The van der Waals surface area contributed by atoms with Gasteiger partial charge < -0.3 is 15.8 Å². The van der Waals surface area contributed by atoms with Crippen LogP contribution in [0.4, 0.5) is 16.2 Å². The van der Waals surface area contributed by atoms with E-state index < -0.39 is 5.60 Å². The van der Waals surface area contributed by atoms with E-state index in [4.69, 9.17) is 10.5 Å². The maximum absolute atomic E-state index is 12.8. The maximum Gasteiger partial charge on any atom is 0.411 e. The van der Waals surface area contributed by atoms with E-state index >= 15 is 0 Å². The largest absolute Gasteiger partial charge is 0.441 e. The zero-order valence-corrected chi connectivity index (χ0v) is 16.5. The molecule has 1 aromatic carbocycles. The minimum atomic E-state index is -0.543.